The van der Waals surface area contributed by atoms with Crippen molar-refractivity contribution in [3.8, 4) is 28.0 Å². The van der Waals surface area contributed by atoms with Crippen molar-refractivity contribution in [1.29, 1.82) is 0 Å². The highest BCUT2D eigenvalue weighted by Gasteiger charge is 2.38. The zero-order valence-electron chi connectivity index (χ0n) is 26.9. The second-order valence-corrected chi connectivity index (χ2v) is 12.7. The van der Waals surface area contributed by atoms with Crippen molar-refractivity contribution < 1.29 is 35.5 Å². The molecule has 5 rings (SSSR count). The summed E-state index contributed by atoms with van der Waals surface area (Å²) in [5.74, 6) is -4.36. The quantitative estimate of drug-likeness (QED) is 0.0783. The van der Waals surface area contributed by atoms with Gasteiger partial charge in [-0.05, 0) is 110 Å². The van der Waals surface area contributed by atoms with Crippen LogP contribution >= 0.6 is 0 Å². The minimum Gasteiger partial charge on any atom is -0.429 e. The van der Waals surface area contributed by atoms with Gasteiger partial charge in [-0.1, -0.05) is 56.9 Å². The van der Waals surface area contributed by atoms with Crippen LogP contribution in [0.1, 0.15) is 87.3 Å². The van der Waals surface area contributed by atoms with Gasteiger partial charge in [-0.25, -0.2) is 22.0 Å². The SMILES string of the molecule is C=CCCc1c(F)cc(-c2ccc(-c3ccc(OC(F)(F)c4ccc(C5CCC(CCCCC)CC5)cc4F)cc3F)cc2F)cc1F. The molecule has 0 aromatic heterocycles. The van der Waals surface area contributed by atoms with Crippen LogP contribution in [-0.4, -0.2) is 0 Å². The third-order valence-corrected chi connectivity index (χ3v) is 9.36. The second-order valence-electron chi connectivity index (χ2n) is 12.7. The largest absolute Gasteiger partial charge is 0.429 e. The Morgan fingerprint density at radius 1 is 0.729 bits per heavy atom. The van der Waals surface area contributed by atoms with Crippen molar-refractivity contribution in [1.82, 2.24) is 0 Å². The van der Waals surface area contributed by atoms with Crippen molar-refractivity contribution in [2.75, 3.05) is 0 Å². The summed E-state index contributed by atoms with van der Waals surface area (Å²) in [5, 5.41) is 0. The van der Waals surface area contributed by atoms with E-state index in [2.05, 4.69) is 13.5 Å². The lowest BCUT2D eigenvalue weighted by atomic mass is 9.77. The summed E-state index contributed by atoms with van der Waals surface area (Å²) in [6, 6.07) is 12.3. The van der Waals surface area contributed by atoms with Crippen LogP contribution in [0.2, 0.25) is 0 Å². The normalized spacial score (nSPS) is 16.6. The van der Waals surface area contributed by atoms with E-state index in [0.29, 0.717) is 24.0 Å². The van der Waals surface area contributed by atoms with Crippen LogP contribution < -0.4 is 4.74 Å². The van der Waals surface area contributed by atoms with Crippen LogP contribution in [0.5, 0.6) is 5.75 Å². The predicted octanol–water partition coefficient (Wildman–Crippen LogP) is 12.8. The fourth-order valence-electron chi connectivity index (χ4n) is 6.65. The molecule has 4 aromatic carbocycles. The molecule has 254 valence electrons. The molecule has 0 bridgehead atoms. The third-order valence-electron chi connectivity index (χ3n) is 9.36. The fourth-order valence-corrected chi connectivity index (χ4v) is 6.65. The number of rotatable bonds is 13. The summed E-state index contributed by atoms with van der Waals surface area (Å²) in [5.41, 5.74) is -0.595. The minimum atomic E-state index is -4.09. The van der Waals surface area contributed by atoms with Gasteiger partial charge in [0.15, 0.2) is 0 Å². The molecule has 0 spiro atoms. The monoisotopic (exact) mass is 668 g/mol. The van der Waals surface area contributed by atoms with Gasteiger partial charge in [0.2, 0.25) is 0 Å². The number of alkyl halides is 2. The number of hydrogen-bond donors (Lipinski definition) is 0. The molecule has 1 saturated carbocycles. The lowest BCUT2D eigenvalue weighted by Gasteiger charge is -2.29. The molecule has 1 aliphatic carbocycles. The van der Waals surface area contributed by atoms with E-state index in [0.717, 1.165) is 68.1 Å². The molecule has 0 amide bonds. The molecule has 1 aliphatic rings. The molecule has 0 unspecified atom stereocenters. The Labute approximate surface area is 277 Å². The highest BCUT2D eigenvalue weighted by Crippen LogP contribution is 2.41. The molecule has 1 nitrogen and oxygen atoms in total. The van der Waals surface area contributed by atoms with Crippen molar-refractivity contribution in [2.45, 2.75) is 83.2 Å². The van der Waals surface area contributed by atoms with E-state index < -0.39 is 46.5 Å². The van der Waals surface area contributed by atoms with Crippen molar-refractivity contribution in [2.24, 2.45) is 5.92 Å². The molecular formula is C40H39F7O. The summed E-state index contributed by atoms with van der Waals surface area (Å²) in [7, 11) is 0. The second kappa shape index (κ2) is 15.4. The smallest absolute Gasteiger partial charge is 0.429 e. The number of ether oxygens (including phenoxy) is 1. The van der Waals surface area contributed by atoms with Gasteiger partial charge in [0.25, 0.3) is 0 Å². The summed E-state index contributed by atoms with van der Waals surface area (Å²) in [6.07, 6.45) is 6.58. The Hall–Kier alpha value is -4.07. The summed E-state index contributed by atoms with van der Waals surface area (Å²) < 4.78 is 109. The standard InChI is InChI=1S/C40H39F7O/c1-3-5-7-8-25-10-12-26(13-11-25)27-15-19-34(39(45)20-27)40(46,47)48-30-16-18-31(38(44)24-30)28-14-17-32(35(41)21-28)29-22-36(42)33(9-6-4-2)37(43)23-29/h4,14-26H,2-3,5-13H2,1H3. The zero-order chi connectivity index (χ0) is 34.4. The van der Waals surface area contributed by atoms with Crippen molar-refractivity contribution in [3.63, 3.8) is 0 Å². The first-order valence-electron chi connectivity index (χ1n) is 16.6. The third kappa shape index (κ3) is 8.13. The number of halogens is 7. The number of unbranched alkanes of at least 4 members (excludes halogenated alkanes) is 2. The van der Waals surface area contributed by atoms with Crippen LogP contribution in [-0.2, 0) is 12.5 Å². The van der Waals surface area contributed by atoms with E-state index in [4.69, 9.17) is 4.74 Å². The number of allylic oxidation sites excluding steroid dienone is 1. The predicted molar refractivity (Wildman–Crippen MR) is 175 cm³/mol. The van der Waals surface area contributed by atoms with E-state index in [1.807, 2.05) is 0 Å². The fraction of sp³-hybridized carbons (Fsp3) is 0.350. The number of hydrogen-bond acceptors (Lipinski definition) is 1. The molecule has 48 heavy (non-hydrogen) atoms. The summed E-state index contributed by atoms with van der Waals surface area (Å²) >= 11 is 0. The van der Waals surface area contributed by atoms with Crippen LogP contribution in [0.4, 0.5) is 30.7 Å². The number of benzene rings is 4. The molecule has 0 saturated heterocycles. The minimum absolute atomic E-state index is 0.0340. The molecule has 0 heterocycles. The molecule has 0 aliphatic heterocycles. The van der Waals surface area contributed by atoms with Crippen molar-refractivity contribution in [3.05, 3.63) is 125 Å². The molecular weight excluding hydrogens is 629 g/mol. The van der Waals surface area contributed by atoms with Crippen LogP contribution in [0.25, 0.3) is 22.3 Å². The van der Waals surface area contributed by atoms with Gasteiger partial charge in [-0.3, -0.25) is 0 Å². The average molecular weight is 669 g/mol. The molecule has 0 atom stereocenters. The van der Waals surface area contributed by atoms with E-state index in [9.17, 15) is 8.78 Å². The molecule has 0 N–H and O–H groups in total. The van der Waals surface area contributed by atoms with Gasteiger partial charge in [-0.2, -0.15) is 8.78 Å². The maximum atomic E-state index is 15.1. The summed E-state index contributed by atoms with van der Waals surface area (Å²) in [4.78, 5) is 0. The van der Waals surface area contributed by atoms with E-state index in [-0.39, 0.29) is 40.2 Å². The van der Waals surface area contributed by atoms with Crippen LogP contribution in [0.15, 0.2) is 79.4 Å². The topological polar surface area (TPSA) is 9.23 Å². The highest BCUT2D eigenvalue weighted by molar-refractivity contribution is 5.72. The van der Waals surface area contributed by atoms with Gasteiger partial charge in [-0.15, -0.1) is 6.58 Å². The van der Waals surface area contributed by atoms with Crippen LogP contribution in [0, 0.1) is 35.0 Å². The first kappa shape index (κ1) is 35.2. The Balaban J connectivity index is 1.27. The molecule has 0 radical (unpaired) electrons. The summed E-state index contributed by atoms with van der Waals surface area (Å²) in [6.45, 7) is 5.71. The molecule has 8 heteroatoms. The zero-order valence-corrected chi connectivity index (χ0v) is 26.9. The van der Waals surface area contributed by atoms with E-state index in [1.165, 1.54) is 50.0 Å². The maximum Gasteiger partial charge on any atom is 0.429 e. The Kier molecular flexibility index (Phi) is 11.3. The van der Waals surface area contributed by atoms with Crippen LogP contribution in [0.3, 0.4) is 0 Å². The van der Waals surface area contributed by atoms with Gasteiger partial charge < -0.3 is 4.74 Å². The molecule has 4 aromatic rings. The van der Waals surface area contributed by atoms with Gasteiger partial charge in [0.05, 0.1) is 5.56 Å². The lowest BCUT2D eigenvalue weighted by molar-refractivity contribution is -0.187. The lowest BCUT2D eigenvalue weighted by Crippen LogP contribution is -2.24. The maximum absolute atomic E-state index is 15.1. The Morgan fingerprint density at radius 3 is 2.00 bits per heavy atom. The highest BCUT2D eigenvalue weighted by atomic mass is 19.3. The average Bonchev–Trinajstić information content (AvgIpc) is 3.04. The van der Waals surface area contributed by atoms with Gasteiger partial charge >= 0.3 is 6.11 Å². The first-order chi connectivity index (χ1) is 23.0. The van der Waals surface area contributed by atoms with Gasteiger partial charge in [0.1, 0.15) is 34.8 Å². The van der Waals surface area contributed by atoms with Crippen molar-refractivity contribution >= 4 is 0 Å². The Bertz CT molecular complexity index is 1720. The Morgan fingerprint density at radius 2 is 1.38 bits per heavy atom. The molecule has 1 fully saturated rings. The first-order valence-corrected chi connectivity index (χ1v) is 16.6. The van der Waals surface area contributed by atoms with E-state index >= 15 is 22.0 Å². The van der Waals surface area contributed by atoms with Gasteiger partial charge in [0, 0.05) is 22.8 Å². The van der Waals surface area contributed by atoms with E-state index in [1.54, 1.807) is 0 Å².